The fourth-order valence-corrected chi connectivity index (χ4v) is 3.06. The fraction of sp³-hybridized carbons (Fsp3) is 0.526. The van der Waals surface area contributed by atoms with E-state index in [9.17, 15) is 4.79 Å². The number of aromatic nitrogens is 1. The molecule has 1 aromatic heterocycles. The maximum Gasteiger partial charge on any atom is 0.246 e. The summed E-state index contributed by atoms with van der Waals surface area (Å²) in [7, 11) is 0. The van der Waals surface area contributed by atoms with Crippen LogP contribution < -0.4 is 4.90 Å². The molecule has 5 nitrogen and oxygen atoms in total. The molecule has 0 unspecified atom stereocenters. The zero-order valence-electron chi connectivity index (χ0n) is 14.8. The van der Waals surface area contributed by atoms with Gasteiger partial charge in [0, 0.05) is 31.9 Å². The van der Waals surface area contributed by atoms with Gasteiger partial charge in [0.2, 0.25) is 5.91 Å². The molecule has 24 heavy (non-hydrogen) atoms. The van der Waals surface area contributed by atoms with Crippen molar-refractivity contribution in [2.45, 2.75) is 39.7 Å². The van der Waals surface area contributed by atoms with Crippen LogP contribution in [0.2, 0.25) is 0 Å². The molecule has 1 aromatic rings. The largest absolute Gasteiger partial charge is 0.356 e. The third-order valence-electron chi connectivity index (χ3n) is 4.21. The highest BCUT2D eigenvalue weighted by Crippen LogP contribution is 2.25. The second kappa shape index (κ2) is 7.48. The monoisotopic (exact) mass is 326 g/mol. The van der Waals surface area contributed by atoms with E-state index in [0.29, 0.717) is 5.56 Å². The zero-order chi connectivity index (χ0) is 17.7. The molecule has 1 aliphatic heterocycles. The Morgan fingerprint density at radius 1 is 1.46 bits per heavy atom. The molecule has 128 valence electrons. The van der Waals surface area contributed by atoms with Crippen molar-refractivity contribution in [1.82, 2.24) is 9.88 Å². The normalized spacial score (nSPS) is 15.7. The van der Waals surface area contributed by atoms with Crippen molar-refractivity contribution in [1.29, 1.82) is 5.26 Å². The summed E-state index contributed by atoms with van der Waals surface area (Å²) >= 11 is 0. The quantitative estimate of drug-likeness (QED) is 0.798. The summed E-state index contributed by atoms with van der Waals surface area (Å²) in [6.07, 6.45) is 4.85. The van der Waals surface area contributed by atoms with Crippen molar-refractivity contribution < 1.29 is 4.79 Å². The van der Waals surface area contributed by atoms with Gasteiger partial charge in [-0.05, 0) is 36.5 Å². The minimum atomic E-state index is 0.0138. The van der Waals surface area contributed by atoms with Crippen LogP contribution in [0.5, 0.6) is 0 Å². The van der Waals surface area contributed by atoms with Crippen molar-refractivity contribution in [3.63, 3.8) is 0 Å². The molecule has 0 N–H and O–H groups in total. The number of rotatable bonds is 4. The van der Waals surface area contributed by atoms with Gasteiger partial charge in [-0.2, -0.15) is 5.26 Å². The first-order chi connectivity index (χ1) is 11.3. The molecular weight excluding hydrogens is 300 g/mol. The molecule has 0 atom stereocenters. The van der Waals surface area contributed by atoms with E-state index in [4.69, 9.17) is 5.26 Å². The van der Waals surface area contributed by atoms with Gasteiger partial charge in [-0.15, -0.1) is 0 Å². The number of carbonyl (C=O) groups is 1. The summed E-state index contributed by atoms with van der Waals surface area (Å²) in [5.74, 6) is 0.907. The molecule has 1 saturated heterocycles. The van der Waals surface area contributed by atoms with E-state index in [2.05, 4.69) is 43.3 Å². The number of pyridine rings is 1. The van der Waals surface area contributed by atoms with Crippen LogP contribution in [-0.2, 0) is 4.79 Å². The van der Waals surface area contributed by atoms with Crippen molar-refractivity contribution in [2.24, 2.45) is 5.41 Å². The predicted octanol–water partition coefficient (Wildman–Crippen LogP) is 2.98. The molecule has 0 aliphatic carbocycles. The Morgan fingerprint density at radius 2 is 2.12 bits per heavy atom. The number of nitrogens with zero attached hydrogens (tertiary/aromatic N) is 4. The van der Waals surface area contributed by atoms with Gasteiger partial charge in [0.05, 0.1) is 5.56 Å². The Hall–Kier alpha value is -2.35. The average molecular weight is 326 g/mol. The third kappa shape index (κ3) is 4.58. The number of carbonyl (C=O) groups excluding carboxylic acids is 1. The Bertz CT molecular complexity index is 616. The number of nitriles is 1. The highest BCUT2D eigenvalue weighted by atomic mass is 16.2. The Labute approximate surface area is 144 Å². The van der Waals surface area contributed by atoms with Gasteiger partial charge in [0.15, 0.2) is 0 Å². The minimum absolute atomic E-state index is 0.0138. The van der Waals surface area contributed by atoms with Crippen molar-refractivity contribution >= 4 is 11.7 Å². The van der Waals surface area contributed by atoms with Crippen LogP contribution >= 0.6 is 0 Å². The molecule has 0 aromatic carbocycles. The van der Waals surface area contributed by atoms with Gasteiger partial charge in [-0.25, -0.2) is 4.98 Å². The minimum Gasteiger partial charge on any atom is -0.356 e. The van der Waals surface area contributed by atoms with E-state index in [1.807, 2.05) is 11.0 Å². The van der Waals surface area contributed by atoms with Crippen LogP contribution in [0.15, 0.2) is 31.0 Å². The SMILES string of the molecule is C=CC(=O)N(CC(C)(C)C)C1CCN(c2ccc(C#N)cn2)CC1. The second-order valence-corrected chi connectivity index (χ2v) is 7.47. The number of anilines is 1. The van der Waals surface area contributed by atoms with Crippen LogP contribution in [0.4, 0.5) is 5.82 Å². The van der Waals surface area contributed by atoms with E-state index < -0.39 is 0 Å². The topological polar surface area (TPSA) is 60.2 Å². The molecule has 0 radical (unpaired) electrons. The third-order valence-corrected chi connectivity index (χ3v) is 4.21. The van der Waals surface area contributed by atoms with E-state index in [1.165, 1.54) is 6.08 Å². The molecule has 1 aliphatic rings. The Kier molecular flexibility index (Phi) is 5.61. The lowest BCUT2D eigenvalue weighted by atomic mass is 9.93. The van der Waals surface area contributed by atoms with Crippen molar-refractivity contribution in [2.75, 3.05) is 24.5 Å². The Morgan fingerprint density at radius 3 is 2.58 bits per heavy atom. The van der Waals surface area contributed by atoms with E-state index in [1.54, 1.807) is 12.3 Å². The van der Waals surface area contributed by atoms with Gasteiger partial charge in [-0.1, -0.05) is 27.4 Å². The van der Waals surface area contributed by atoms with Crippen LogP contribution in [0.1, 0.15) is 39.2 Å². The van der Waals surface area contributed by atoms with Gasteiger partial charge < -0.3 is 9.80 Å². The number of hydrogen-bond donors (Lipinski definition) is 0. The number of hydrogen-bond acceptors (Lipinski definition) is 4. The molecule has 0 spiro atoms. The van der Waals surface area contributed by atoms with Crippen LogP contribution in [0.25, 0.3) is 0 Å². The maximum absolute atomic E-state index is 12.3. The molecule has 2 heterocycles. The molecular formula is C19H26N4O. The molecule has 1 amide bonds. The predicted molar refractivity (Wildman–Crippen MR) is 95.6 cm³/mol. The lowest BCUT2D eigenvalue weighted by Gasteiger charge is -2.41. The zero-order valence-corrected chi connectivity index (χ0v) is 14.8. The number of piperidine rings is 1. The van der Waals surface area contributed by atoms with E-state index in [0.717, 1.165) is 38.3 Å². The molecule has 2 rings (SSSR count). The Balaban J connectivity index is 2.02. The summed E-state index contributed by atoms with van der Waals surface area (Å²) in [6, 6.07) is 6.01. The summed E-state index contributed by atoms with van der Waals surface area (Å²) in [5, 5.41) is 8.85. The van der Waals surface area contributed by atoms with E-state index in [-0.39, 0.29) is 17.4 Å². The fourth-order valence-electron chi connectivity index (χ4n) is 3.06. The van der Waals surface area contributed by atoms with Crippen LogP contribution in [0.3, 0.4) is 0 Å². The summed E-state index contributed by atoms with van der Waals surface area (Å²) < 4.78 is 0. The summed E-state index contributed by atoms with van der Waals surface area (Å²) in [4.78, 5) is 20.8. The van der Waals surface area contributed by atoms with Gasteiger partial charge >= 0.3 is 0 Å². The lowest BCUT2D eigenvalue weighted by Crippen LogP contribution is -2.49. The summed E-state index contributed by atoms with van der Waals surface area (Å²) in [6.45, 7) is 12.5. The van der Waals surface area contributed by atoms with Crippen molar-refractivity contribution in [3.05, 3.63) is 36.5 Å². The maximum atomic E-state index is 12.3. The second-order valence-electron chi connectivity index (χ2n) is 7.47. The van der Waals surface area contributed by atoms with Crippen LogP contribution in [0, 0.1) is 16.7 Å². The summed E-state index contributed by atoms with van der Waals surface area (Å²) in [5.41, 5.74) is 0.631. The van der Waals surface area contributed by atoms with Crippen molar-refractivity contribution in [3.8, 4) is 6.07 Å². The van der Waals surface area contributed by atoms with Gasteiger partial charge in [0.25, 0.3) is 0 Å². The first kappa shape index (κ1) is 18.0. The standard InChI is InChI=1S/C19H26N4O/c1-5-18(24)23(14-19(2,3)4)16-8-10-22(11-9-16)17-7-6-15(12-20)13-21-17/h5-7,13,16H,1,8-11,14H2,2-4H3. The van der Waals surface area contributed by atoms with Gasteiger partial charge in [0.1, 0.15) is 11.9 Å². The molecule has 1 fully saturated rings. The van der Waals surface area contributed by atoms with Gasteiger partial charge in [-0.3, -0.25) is 4.79 Å². The lowest BCUT2D eigenvalue weighted by molar-refractivity contribution is -0.130. The van der Waals surface area contributed by atoms with Crippen LogP contribution in [-0.4, -0.2) is 41.5 Å². The first-order valence-electron chi connectivity index (χ1n) is 8.38. The highest BCUT2D eigenvalue weighted by Gasteiger charge is 2.30. The average Bonchev–Trinajstić information content (AvgIpc) is 2.58. The smallest absolute Gasteiger partial charge is 0.246 e. The molecule has 5 heteroatoms. The highest BCUT2D eigenvalue weighted by molar-refractivity contribution is 5.87. The van der Waals surface area contributed by atoms with E-state index >= 15 is 0 Å². The molecule has 0 saturated carbocycles. The molecule has 0 bridgehead atoms. The number of amides is 1. The first-order valence-corrected chi connectivity index (χ1v) is 8.38.